The maximum Gasteiger partial charge on any atom is 0.276 e. The molecule has 0 aliphatic rings. The first-order valence-electron chi connectivity index (χ1n) is 8.10. The van der Waals surface area contributed by atoms with Gasteiger partial charge in [0.25, 0.3) is 5.91 Å². The molecule has 0 saturated heterocycles. The maximum absolute atomic E-state index is 13.2. The molecule has 3 aromatic rings. The third-order valence-electron chi connectivity index (χ3n) is 4.07. The number of fused-ring (bicyclic) bond motifs is 1. The number of hydrogen-bond donors (Lipinski definition) is 1. The number of carbonyl (C=O) groups is 1. The Kier molecular flexibility index (Phi) is 4.61. The minimum Gasteiger partial charge on any atom is -0.348 e. The van der Waals surface area contributed by atoms with E-state index in [1.165, 1.54) is 16.8 Å². The standard InChI is InChI=1S/C19H18FN3O2/c1-3-12(2)21-19(25)17-18(24)15-6-4-5-7-16(15)23(22-17)14-10-8-13(20)9-11-14/h4-12H,3H2,1-2H3,(H,21,25)/t12-/m0/s1. The molecule has 0 aliphatic heterocycles. The highest BCUT2D eigenvalue weighted by Gasteiger charge is 2.19. The minimum absolute atomic E-state index is 0.0700. The van der Waals surface area contributed by atoms with E-state index in [9.17, 15) is 14.0 Å². The molecule has 0 saturated carbocycles. The summed E-state index contributed by atoms with van der Waals surface area (Å²) in [6.45, 7) is 3.80. The zero-order chi connectivity index (χ0) is 18.0. The lowest BCUT2D eigenvalue weighted by Crippen LogP contribution is -2.36. The van der Waals surface area contributed by atoms with E-state index in [-0.39, 0.29) is 17.6 Å². The quantitative estimate of drug-likeness (QED) is 0.794. The Morgan fingerprint density at radius 1 is 1.20 bits per heavy atom. The normalized spacial score (nSPS) is 12.1. The minimum atomic E-state index is -0.513. The Labute approximate surface area is 144 Å². The predicted octanol–water partition coefficient (Wildman–Crippen LogP) is 3.05. The molecule has 0 unspecified atom stereocenters. The maximum atomic E-state index is 13.2. The van der Waals surface area contributed by atoms with Gasteiger partial charge in [0.2, 0.25) is 5.43 Å². The van der Waals surface area contributed by atoms with Crippen molar-refractivity contribution in [2.24, 2.45) is 0 Å². The van der Waals surface area contributed by atoms with Crippen LogP contribution < -0.4 is 10.7 Å². The highest BCUT2D eigenvalue weighted by atomic mass is 19.1. The van der Waals surface area contributed by atoms with Crippen molar-refractivity contribution < 1.29 is 9.18 Å². The molecule has 0 spiro atoms. The Balaban J connectivity index is 2.22. The van der Waals surface area contributed by atoms with Gasteiger partial charge in [0.15, 0.2) is 5.69 Å². The van der Waals surface area contributed by atoms with Crippen LogP contribution in [0.1, 0.15) is 30.8 Å². The molecule has 1 amide bonds. The summed E-state index contributed by atoms with van der Waals surface area (Å²) in [5, 5.41) is 7.41. The first-order chi connectivity index (χ1) is 12.0. The number of rotatable bonds is 4. The molecule has 1 heterocycles. The molecule has 0 fully saturated rings. The summed E-state index contributed by atoms with van der Waals surface area (Å²) in [5.74, 6) is -0.884. The fourth-order valence-corrected chi connectivity index (χ4v) is 2.50. The smallest absolute Gasteiger partial charge is 0.276 e. The number of para-hydroxylation sites is 1. The molecule has 2 aromatic carbocycles. The van der Waals surface area contributed by atoms with Crippen LogP contribution >= 0.6 is 0 Å². The van der Waals surface area contributed by atoms with E-state index in [0.29, 0.717) is 16.6 Å². The molecule has 6 heteroatoms. The summed E-state index contributed by atoms with van der Waals surface area (Å²) in [4.78, 5) is 25.1. The summed E-state index contributed by atoms with van der Waals surface area (Å²) in [5.41, 5.74) is 0.521. The topological polar surface area (TPSA) is 64.0 Å². The summed E-state index contributed by atoms with van der Waals surface area (Å²) < 4.78 is 14.7. The van der Waals surface area contributed by atoms with E-state index in [1.807, 2.05) is 13.8 Å². The van der Waals surface area contributed by atoms with Crippen LogP contribution in [-0.2, 0) is 0 Å². The molecule has 0 radical (unpaired) electrons. The van der Waals surface area contributed by atoms with Gasteiger partial charge in [0, 0.05) is 6.04 Å². The van der Waals surface area contributed by atoms with Gasteiger partial charge in [-0.05, 0) is 49.7 Å². The Morgan fingerprint density at radius 3 is 2.56 bits per heavy atom. The zero-order valence-corrected chi connectivity index (χ0v) is 14.0. The lowest BCUT2D eigenvalue weighted by Gasteiger charge is -2.14. The number of halogens is 1. The van der Waals surface area contributed by atoms with E-state index >= 15 is 0 Å². The van der Waals surface area contributed by atoms with Crippen LogP contribution in [-0.4, -0.2) is 21.7 Å². The zero-order valence-electron chi connectivity index (χ0n) is 14.0. The molecular weight excluding hydrogens is 321 g/mol. The van der Waals surface area contributed by atoms with Gasteiger partial charge in [-0.2, -0.15) is 5.10 Å². The van der Waals surface area contributed by atoms with Crippen LogP contribution in [0.3, 0.4) is 0 Å². The number of nitrogens with zero attached hydrogens (tertiary/aromatic N) is 2. The van der Waals surface area contributed by atoms with E-state index in [4.69, 9.17) is 0 Å². The molecule has 1 atom stereocenters. The summed E-state index contributed by atoms with van der Waals surface area (Å²) >= 11 is 0. The Hall–Kier alpha value is -3.02. The fraction of sp³-hybridized carbons (Fsp3) is 0.211. The van der Waals surface area contributed by atoms with Crippen LogP contribution in [0.5, 0.6) is 0 Å². The molecule has 128 valence electrons. The molecule has 1 aromatic heterocycles. The van der Waals surface area contributed by atoms with Crippen molar-refractivity contribution in [1.29, 1.82) is 0 Å². The third kappa shape index (κ3) is 3.28. The summed E-state index contributed by atoms with van der Waals surface area (Å²) in [7, 11) is 0. The van der Waals surface area contributed by atoms with Crippen LogP contribution in [0, 0.1) is 5.82 Å². The number of nitrogens with one attached hydrogen (secondary N) is 1. The van der Waals surface area contributed by atoms with Crippen LogP contribution in [0.15, 0.2) is 53.3 Å². The van der Waals surface area contributed by atoms with E-state index in [2.05, 4.69) is 10.4 Å². The van der Waals surface area contributed by atoms with Crippen molar-refractivity contribution in [2.75, 3.05) is 0 Å². The number of amides is 1. The average Bonchev–Trinajstić information content (AvgIpc) is 2.63. The first kappa shape index (κ1) is 16.8. The van der Waals surface area contributed by atoms with Crippen molar-refractivity contribution >= 4 is 16.8 Å². The number of hydrogen-bond acceptors (Lipinski definition) is 3. The van der Waals surface area contributed by atoms with E-state index < -0.39 is 11.3 Å². The van der Waals surface area contributed by atoms with Gasteiger partial charge in [0.05, 0.1) is 16.6 Å². The largest absolute Gasteiger partial charge is 0.348 e. The molecule has 3 rings (SSSR count). The Morgan fingerprint density at radius 2 is 1.88 bits per heavy atom. The van der Waals surface area contributed by atoms with Gasteiger partial charge in [0.1, 0.15) is 5.82 Å². The van der Waals surface area contributed by atoms with Gasteiger partial charge >= 0.3 is 0 Å². The molecule has 5 nitrogen and oxygen atoms in total. The van der Waals surface area contributed by atoms with E-state index in [0.717, 1.165) is 6.42 Å². The SMILES string of the molecule is CC[C@H](C)NC(=O)c1nn(-c2ccc(F)cc2)c2ccccc2c1=O. The van der Waals surface area contributed by atoms with Crippen LogP contribution in [0.2, 0.25) is 0 Å². The lowest BCUT2D eigenvalue weighted by atomic mass is 10.1. The van der Waals surface area contributed by atoms with Crippen molar-refractivity contribution in [3.8, 4) is 5.69 Å². The summed E-state index contributed by atoms with van der Waals surface area (Å²) in [6.07, 6.45) is 0.742. The number of benzene rings is 2. The van der Waals surface area contributed by atoms with Crippen molar-refractivity contribution in [3.05, 3.63) is 70.3 Å². The number of carbonyl (C=O) groups excluding carboxylic acids is 1. The first-order valence-corrected chi connectivity index (χ1v) is 8.10. The lowest BCUT2D eigenvalue weighted by molar-refractivity contribution is 0.0931. The van der Waals surface area contributed by atoms with Gasteiger partial charge in [-0.25, -0.2) is 9.07 Å². The van der Waals surface area contributed by atoms with Crippen molar-refractivity contribution in [2.45, 2.75) is 26.3 Å². The summed E-state index contributed by atoms with van der Waals surface area (Å²) in [6, 6.07) is 12.6. The second-order valence-electron chi connectivity index (χ2n) is 5.87. The molecule has 25 heavy (non-hydrogen) atoms. The molecular formula is C19H18FN3O2. The molecule has 1 N–H and O–H groups in total. The van der Waals surface area contributed by atoms with E-state index in [1.54, 1.807) is 36.4 Å². The van der Waals surface area contributed by atoms with Crippen LogP contribution in [0.25, 0.3) is 16.6 Å². The van der Waals surface area contributed by atoms with Gasteiger partial charge in [-0.3, -0.25) is 9.59 Å². The van der Waals surface area contributed by atoms with Crippen molar-refractivity contribution in [3.63, 3.8) is 0 Å². The average molecular weight is 339 g/mol. The third-order valence-corrected chi connectivity index (χ3v) is 4.07. The van der Waals surface area contributed by atoms with Crippen molar-refractivity contribution in [1.82, 2.24) is 15.1 Å². The second kappa shape index (κ2) is 6.84. The van der Waals surface area contributed by atoms with Gasteiger partial charge < -0.3 is 5.32 Å². The van der Waals surface area contributed by atoms with Gasteiger partial charge in [-0.15, -0.1) is 0 Å². The predicted molar refractivity (Wildman–Crippen MR) is 94.5 cm³/mol. The molecule has 0 bridgehead atoms. The highest BCUT2D eigenvalue weighted by Crippen LogP contribution is 2.16. The monoisotopic (exact) mass is 339 g/mol. The van der Waals surface area contributed by atoms with Gasteiger partial charge in [-0.1, -0.05) is 19.1 Å². The Bertz CT molecular complexity index is 980. The number of aromatic nitrogens is 2. The second-order valence-corrected chi connectivity index (χ2v) is 5.87. The molecule has 0 aliphatic carbocycles. The highest BCUT2D eigenvalue weighted by molar-refractivity contribution is 5.95. The fourth-order valence-electron chi connectivity index (χ4n) is 2.50. The van der Waals surface area contributed by atoms with Crippen LogP contribution in [0.4, 0.5) is 4.39 Å².